The van der Waals surface area contributed by atoms with Crippen LogP contribution in [0.5, 0.6) is 0 Å². The Morgan fingerprint density at radius 2 is 1.96 bits per heavy atom. The molecule has 2 N–H and O–H groups in total. The van der Waals surface area contributed by atoms with E-state index in [0.29, 0.717) is 21.6 Å². The van der Waals surface area contributed by atoms with Crippen molar-refractivity contribution in [2.45, 2.75) is 38.6 Å². The molecule has 0 radical (unpaired) electrons. The maximum Gasteiger partial charge on any atom is 0.253 e. The molecule has 2 aromatic rings. The molecule has 0 aliphatic carbocycles. The zero-order valence-corrected chi connectivity index (χ0v) is 18.9. The third-order valence-corrected chi connectivity index (χ3v) is 6.25. The minimum Gasteiger partial charge on any atom is -0.340 e. The summed E-state index contributed by atoms with van der Waals surface area (Å²) >= 11 is 6.34. The van der Waals surface area contributed by atoms with Crippen LogP contribution < -0.4 is 10.6 Å². The van der Waals surface area contributed by atoms with Gasteiger partial charge in [-0.05, 0) is 46.5 Å². The van der Waals surface area contributed by atoms with Crippen molar-refractivity contribution < 1.29 is 9.59 Å². The number of amides is 2. The lowest BCUT2D eigenvalue weighted by molar-refractivity contribution is -0.118. The van der Waals surface area contributed by atoms with Crippen molar-refractivity contribution in [3.05, 3.63) is 39.3 Å². The van der Waals surface area contributed by atoms with E-state index in [4.69, 9.17) is 0 Å². The highest BCUT2D eigenvalue weighted by molar-refractivity contribution is 9.10. The summed E-state index contributed by atoms with van der Waals surface area (Å²) in [6, 6.07) is 6.47. The highest BCUT2D eigenvalue weighted by atomic mass is 79.9. The molecule has 0 saturated heterocycles. The number of rotatable bonds is 7. The minimum absolute atomic E-state index is 0.132. The molecule has 1 heterocycles. The molecule has 1 aromatic heterocycles. The van der Waals surface area contributed by atoms with Crippen LogP contribution in [-0.4, -0.2) is 40.1 Å². The van der Waals surface area contributed by atoms with Gasteiger partial charge in [-0.2, -0.15) is 11.8 Å². The molecule has 0 aliphatic heterocycles. The van der Waals surface area contributed by atoms with E-state index in [-0.39, 0.29) is 17.2 Å². The van der Waals surface area contributed by atoms with Crippen LogP contribution in [0.25, 0.3) is 0 Å². The summed E-state index contributed by atoms with van der Waals surface area (Å²) < 4.78 is 0.686. The Bertz CT molecular complexity index is 805. The third kappa shape index (κ3) is 6.29. The van der Waals surface area contributed by atoms with E-state index >= 15 is 0 Å². The Balaban J connectivity index is 2.10. The van der Waals surface area contributed by atoms with Crippen LogP contribution in [0.1, 0.15) is 42.6 Å². The second kappa shape index (κ2) is 9.66. The van der Waals surface area contributed by atoms with Crippen molar-refractivity contribution in [2.24, 2.45) is 0 Å². The van der Waals surface area contributed by atoms with Gasteiger partial charge in [0.1, 0.15) is 11.0 Å². The molecule has 0 fully saturated rings. The number of hydrogen-bond donors (Lipinski definition) is 2. The number of benzene rings is 1. The Labute approximate surface area is 176 Å². The van der Waals surface area contributed by atoms with Gasteiger partial charge in [-0.3, -0.25) is 14.9 Å². The number of nitrogens with zero attached hydrogens (tertiary/aromatic N) is 2. The second-order valence-corrected chi connectivity index (χ2v) is 9.76. The van der Waals surface area contributed by atoms with Crippen LogP contribution >= 0.6 is 39.0 Å². The first-order valence-electron chi connectivity index (χ1n) is 8.41. The summed E-state index contributed by atoms with van der Waals surface area (Å²) in [6.45, 7) is 6.12. The van der Waals surface area contributed by atoms with Gasteiger partial charge in [0.05, 0.1) is 5.56 Å². The largest absolute Gasteiger partial charge is 0.340 e. The van der Waals surface area contributed by atoms with Crippen LogP contribution in [0.2, 0.25) is 0 Å². The molecule has 1 aromatic carbocycles. The summed E-state index contributed by atoms with van der Waals surface area (Å²) in [5, 5.41) is 15.1. The van der Waals surface area contributed by atoms with Crippen LogP contribution in [0, 0.1) is 0 Å². The monoisotopic (exact) mass is 470 g/mol. The highest BCUT2D eigenvalue weighted by Gasteiger charge is 2.25. The normalized spacial score (nSPS) is 12.5. The maximum atomic E-state index is 12.7. The molecule has 2 amide bonds. The van der Waals surface area contributed by atoms with Gasteiger partial charge in [0.2, 0.25) is 11.0 Å². The highest BCUT2D eigenvalue weighted by Crippen LogP contribution is 2.27. The summed E-state index contributed by atoms with van der Waals surface area (Å²) in [5.74, 6) is 0.162. The number of carbonyl (C=O) groups excluding carboxylic acids is 2. The first-order chi connectivity index (χ1) is 12.7. The predicted octanol–water partition coefficient (Wildman–Crippen LogP) is 4.09. The Kier molecular flexibility index (Phi) is 7.81. The van der Waals surface area contributed by atoms with E-state index < -0.39 is 6.04 Å². The first kappa shape index (κ1) is 21.8. The molecule has 1 atom stereocenters. The maximum absolute atomic E-state index is 12.7. The van der Waals surface area contributed by atoms with E-state index in [1.165, 1.54) is 11.3 Å². The van der Waals surface area contributed by atoms with Gasteiger partial charge in [0.25, 0.3) is 5.91 Å². The third-order valence-electron chi connectivity index (χ3n) is 3.65. The van der Waals surface area contributed by atoms with Crippen molar-refractivity contribution >= 4 is 56.0 Å². The number of halogens is 1. The number of nitrogens with one attached hydrogen (secondary N) is 2. The molecule has 0 saturated carbocycles. The Morgan fingerprint density at radius 3 is 2.56 bits per heavy atom. The smallest absolute Gasteiger partial charge is 0.253 e. The van der Waals surface area contributed by atoms with Gasteiger partial charge in [-0.15, -0.1) is 10.2 Å². The molecule has 0 aliphatic rings. The summed E-state index contributed by atoms with van der Waals surface area (Å²) in [6.07, 6.45) is 2.49. The van der Waals surface area contributed by atoms with Crippen LogP contribution in [0.4, 0.5) is 5.13 Å². The van der Waals surface area contributed by atoms with Crippen LogP contribution in [-0.2, 0) is 10.2 Å². The lowest BCUT2D eigenvalue weighted by Crippen LogP contribution is -2.44. The van der Waals surface area contributed by atoms with Crippen LogP contribution in [0.3, 0.4) is 0 Å². The average Bonchev–Trinajstić information content (AvgIpc) is 3.07. The van der Waals surface area contributed by atoms with Crippen molar-refractivity contribution in [2.75, 3.05) is 17.3 Å². The van der Waals surface area contributed by atoms with Crippen LogP contribution in [0.15, 0.2) is 28.7 Å². The lowest BCUT2D eigenvalue weighted by Gasteiger charge is -2.18. The number of carbonyl (C=O) groups is 2. The quantitative estimate of drug-likeness (QED) is 0.636. The topological polar surface area (TPSA) is 84.0 Å². The first-order valence-corrected chi connectivity index (χ1v) is 11.4. The van der Waals surface area contributed by atoms with Crippen molar-refractivity contribution in [3.63, 3.8) is 0 Å². The fourth-order valence-electron chi connectivity index (χ4n) is 2.16. The standard InChI is InChI=1S/C18H23BrN4O2S2/c1-18(2,3)16-22-23-17(27-16)21-15(25)13(9-10-26-4)20-14(24)11-7-5-6-8-12(11)19/h5-8,13H,9-10H2,1-4H3,(H,20,24)(H,21,23,25). The zero-order valence-electron chi connectivity index (χ0n) is 15.7. The molecule has 1 unspecified atom stereocenters. The molecule has 9 heteroatoms. The molecule has 6 nitrogen and oxygen atoms in total. The Morgan fingerprint density at radius 1 is 1.26 bits per heavy atom. The average molecular weight is 471 g/mol. The van der Waals surface area contributed by atoms with Gasteiger partial charge in [0, 0.05) is 9.89 Å². The van der Waals surface area contributed by atoms with E-state index in [9.17, 15) is 9.59 Å². The van der Waals surface area contributed by atoms with E-state index in [1.807, 2.05) is 33.1 Å². The molecule has 27 heavy (non-hydrogen) atoms. The van der Waals surface area contributed by atoms with Gasteiger partial charge in [0.15, 0.2) is 0 Å². The molecule has 146 valence electrons. The number of thioether (sulfide) groups is 1. The SMILES string of the molecule is CSCCC(NC(=O)c1ccccc1Br)C(=O)Nc1nnc(C(C)(C)C)s1. The molecular weight excluding hydrogens is 448 g/mol. The van der Waals surface area contributed by atoms with E-state index in [0.717, 1.165) is 10.8 Å². The number of aromatic nitrogens is 2. The van der Waals surface area contributed by atoms with Gasteiger partial charge in [-0.1, -0.05) is 44.2 Å². The summed E-state index contributed by atoms with van der Waals surface area (Å²) in [4.78, 5) is 25.3. The number of hydrogen-bond acceptors (Lipinski definition) is 6. The molecule has 0 bridgehead atoms. The second-order valence-electron chi connectivity index (χ2n) is 6.94. The van der Waals surface area contributed by atoms with Gasteiger partial charge < -0.3 is 5.32 Å². The fourth-order valence-corrected chi connectivity index (χ4v) is 3.90. The lowest BCUT2D eigenvalue weighted by atomic mass is 9.98. The number of anilines is 1. The van der Waals surface area contributed by atoms with E-state index in [1.54, 1.807) is 30.0 Å². The minimum atomic E-state index is -0.654. The van der Waals surface area contributed by atoms with Crippen molar-refractivity contribution in [1.82, 2.24) is 15.5 Å². The molecule has 2 rings (SSSR count). The van der Waals surface area contributed by atoms with E-state index in [2.05, 4.69) is 36.8 Å². The van der Waals surface area contributed by atoms with Gasteiger partial charge >= 0.3 is 0 Å². The summed E-state index contributed by atoms with van der Waals surface area (Å²) in [7, 11) is 0. The van der Waals surface area contributed by atoms with Crippen molar-refractivity contribution in [3.8, 4) is 0 Å². The van der Waals surface area contributed by atoms with Crippen molar-refractivity contribution in [1.29, 1.82) is 0 Å². The van der Waals surface area contributed by atoms with Gasteiger partial charge in [-0.25, -0.2) is 0 Å². The fraction of sp³-hybridized carbons (Fsp3) is 0.444. The molecular formula is C18H23BrN4O2S2. The Hall–Kier alpha value is -1.45. The zero-order chi connectivity index (χ0) is 20.0. The predicted molar refractivity (Wildman–Crippen MR) is 116 cm³/mol. The molecule has 0 spiro atoms. The summed E-state index contributed by atoms with van der Waals surface area (Å²) in [5.41, 5.74) is 0.359.